The lowest BCUT2D eigenvalue weighted by Gasteiger charge is -2.08. The Morgan fingerprint density at radius 2 is 1.59 bits per heavy atom. The van der Waals surface area contributed by atoms with Crippen molar-refractivity contribution < 1.29 is 26.0 Å². The Bertz CT molecular complexity index is 1060. The molecule has 0 radical (unpaired) electrons. The number of hydrogen-bond donors (Lipinski definition) is 1. The summed E-state index contributed by atoms with van der Waals surface area (Å²) in [4.78, 5) is 0. The van der Waals surface area contributed by atoms with Crippen LogP contribution in [-0.2, 0) is 22.0 Å². The minimum absolute atomic E-state index is 0.121. The van der Waals surface area contributed by atoms with Crippen molar-refractivity contribution in [3.8, 4) is 16.9 Å². The van der Waals surface area contributed by atoms with E-state index in [-0.39, 0.29) is 11.4 Å². The Labute approximate surface area is 152 Å². The molecule has 142 valence electrons. The molecule has 3 aromatic rings. The third-order valence-corrected chi connectivity index (χ3v) is 4.42. The van der Waals surface area contributed by atoms with E-state index in [1.807, 2.05) is 0 Å². The van der Waals surface area contributed by atoms with E-state index in [4.69, 9.17) is 5.14 Å². The quantitative estimate of drug-likeness (QED) is 0.683. The first-order chi connectivity index (χ1) is 12.5. The van der Waals surface area contributed by atoms with Crippen LogP contribution in [0.2, 0.25) is 0 Å². The van der Waals surface area contributed by atoms with Gasteiger partial charge >= 0.3 is 6.18 Å². The van der Waals surface area contributed by atoms with E-state index in [0.29, 0.717) is 11.1 Å². The molecule has 0 saturated heterocycles. The van der Waals surface area contributed by atoms with E-state index in [1.54, 1.807) is 0 Å². The van der Waals surface area contributed by atoms with Crippen LogP contribution in [0.15, 0.2) is 54.6 Å². The summed E-state index contributed by atoms with van der Waals surface area (Å²) in [5.74, 6) is -0.922. The Kier molecular flexibility index (Phi) is 4.79. The van der Waals surface area contributed by atoms with Gasteiger partial charge in [0, 0.05) is 5.56 Å². The van der Waals surface area contributed by atoms with Crippen LogP contribution in [0.25, 0.3) is 16.9 Å². The van der Waals surface area contributed by atoms with E-state index in [2.05, 4.69) is 5.10 Å². The number of aromatic nitrogens is 2. The average Bonchev–Trinajstić information content (AvgIpc) is 3.00. The van der Waals surface area contributed by atoms with Crippen molar-refractivity contribution in [2.45, 2.75) is 11.9 Å². The first kappa shape index (κ1) is 19.1. The van der Waals surface area contributed by atoms with Crippen molar-refractivity contribution in [3.63, 3.8) is 0 Å². The molecule has 0 aliphatic rings. The normalized spacial score (nSPS) is 12.3. The van der Waals surface area contributed by atoms with Gasteiger partial charge in [0.05, 0.1) is 17.1 Å². The van der Waals surface area contributed by atoms with Crippen molar-refractivity contribution in [1.82, 2.24) is 9.78 Å². The van der Waals surface area contributed by atoms with Gasteiger partial charge in [-0.1, -0.05) is 24.3 Å². The predicted molar refractivity (Wildman–Crippen MR) is 90.8 cm³/mol. The summed E-state index contributed by atoms with van der Waals surface area (Å²) in [7, 11) is -3.73. The summed E-state index contributed by atoms with van der Waals surface area (Å²) in [6.45, 7) is 0. The Morgan fingerprint density at radius 3 is 2.11 bits per heavy atom. The average molecular weight is 399 g/mol. The van der Waals surface area contributed by atoms with Crippen LogP contribution < -0.4 is 5.14 Å². The zero-order valence-electron chi connectivity index (χ0n) is 13.6. The van der Waals surface area contributed by atoms with Gasteiger partial charge in [0.2, 0.25) is 10.0 Å². The molecule has 0 bridgehead atoms. The molecule has 1 aromatic heterocycles. The van der Waals surface area contributed by atoms with Gasteiger partial charge in [-0.2, -0.15) is 18.3 Å². The fraction of sp³-hybridized carbons (Fsp3) is 0.118. The van der Waals surface area contributed by atoms with Crippen molar-refractivity contribution in [3.05, 3.63) is 71.7 Å². The molecule has 0 fully saturated rings. The van der Waals surface area contributed by atoms with Gasteiger partial charge in [-0.25, -0.2) is 22.6 Å². The van der Waals surface area contributed by atoms with E-state index in [0.717, 1.165) is 22.9 Å². The number of nitrogens with zero attached hydrogens (tertiary/aromatic N) is 2. The SMILES string of the molecule is NS(=O)(=O)Cc1ccc(-c2cc(C(F)(F)F)nn2-c2ccc(F)cc2)cc1. The van der Waals surface area contributed by atoms with Crippen LogP contribution >= 0.6 is 0 Å². The molecule has 3 rings (SSSR count). The monoisotopic (exact) mass is 399 g/mol. The third-order valence-electron chi connectivity index (χ3n) is 3.69. The largest absolute Gasteiger partial charge is 0.435 e. The van der Waals surface area contributed by atoms with Crippen LogP contribution in [0.3, 0.4) is 0 Å². The number of primary sulfonamides is 1. The smallest absolute Gasteiger partial charge is 0.233 e. The highest BCUT2D eigenvalue weighted by molar-refractivity contribution is 7.88. The van der Waals surface area contributed by atoms with Crippen LogP contribution in [0.1, 0.15) is 11.3 Å². The number of nitrogens with two attached hydrogens (primary N) is 1. The first-order valence-electron chi connectivity index (χ1n) is 7.56. The lowest BCUT2D eigenvalue weighted by Crippen LogP contribution is -2.14. The molecule has 10 heteroatoms. The topological polar surface area (TPSA) is 78.0 Å². The fourth-order valence-electron chi connectivity index (χ4n) is 2.51. The van der Waals surface area contributed by atoms with E-state index in [1.165, 1.54) is 36.4 Å². The molecule has 2 N–H and O–H groups in total. The van der Waals surface area contributed by atoms with Gasteiger partial charge in [-0.3, -0.25) is 0 Å². The van der Waals surface area contributed by atoms with Crippen molar-refractivity contribution in [1.29, 1.82) is 0 Å². The molecule has 0 aliphatic heterocycles. The maximum Gasteiger partial charge on any atom is 0.435 e. The van der Waals surface area contributed by atoms with Crippen LogP contribution in [0.4, 0.5) is 17.6 Å². The molecule has 0 spiro atoms. The minimum atomic E-state index is -4.66. The fourth-order valence-corrected chi connectivity index (χ4v) is 3.17. The van der Waals surface area contributed by atoms with E-state index in [9.17, 15) is 26.0 Å². The van der Waals surface area contributed by atoms with Crippen molar-refractivity contribution in [2.24, 2.45) is 5.14 Å². The number of sulfonamides is 1. The number of benzene rings is 2. The van der Waals surface area contributed by atoms with Gasteiger partial charge in [0.25, 0.3) is 0 Å². The highest BCUT2D eigenvalue weighted by Crippen LogP contribution is 2.33. The molecule has 27 heavy (non-hydrogen) atoms. The molecular formula is C17H13F4N3O2S. The van der Waals surface area contributed by atoms with Crippen molar-refractivity contribution >= 4 is 10.0 Å². The van der Waals surface area contributed by atoms with Crippen LogP contribution in [0.5, 0.6) is 0 Å². The molecule has 0 amide bonds. The standard InChI is InChI=1S/C17H13F4N3O2S/c18-13-5-7-14(8-6-13)24-15(9-16(23-24)17(19,20)21)12-3-1-11(2-4-12)10-27(22,25)26/h1-9H,10H2,(H2,22,25,26). The molecule has 0 atom stereocenters. The van der Waals surface area contributed by atoms with Gasteiger partial charge in [0.1, 0.15) is 5.82 Å². The highest BCUT2D eigenvalue weighted by atomic mass is 32.2. The van der Waals surface area contributed by atoms with Crippen molar-refractivity contribution in [2.75, 3.05) is 0 Å². The molecule has 0 unspecified atom stereocenters. The summed E-state index contributed by atoms with van der Waals surface area (Å²) >= 11 is 0. The van der Waals surface area contributed by atoms with E-state index < -0.39 is 33.5 Å². The Morgan fingerprint density at radius 1 is 1.00 bits per heavy atom. The number of rotatable bonds is 4. The Balaban J connectivity index is 2.08. The maximum atomic E-state index is 13.1. The number of hydrogen-bond acceptors (Lipinski definition) is 3. The summed E-state index contributed by atoms with van der Waals surface area (Å²) in [5, 5.41) is 8.58. The van der Waals surface area contributed by atoms with Gasteiger partial charge in [0.15, 0.2) is 5.69 Å². The predicted octanol–water partition coefficient (Wildman–Crippen LogP) is 3.49. The summed E-state index contributed by atoms with van der Waals surface area (Å²) in [6.07, 6.45) is -4.66. The molecule has 5 nitrogen and oxygen atoms in total. The lowest BCUT2D eigenvalue weighted by molar-refractivity contribution is -0.141. The zero-order valence-corrected chi connectivity index (χ0v) is 14.4. The zero-order chi connectivity index (χ0) is 19.8. The Hall–Kier alpha value is -2.72. The second kappa shape index (κ2) is 6.78. The van der Waals surface area contributed by atoms with Crippen LogP contribution in [0, 0.1) is 5.82 Å². The number of alkyl halides is 3. The lowest BCUT2D eigenvalue weighted by atomic mass is 10.1. The number of halogens is 4. The third kappa shape index (κ3) is 4.52. The highest BCUT2D eigenvalue weighted by Gasteiger charge is 2.35. The maximum absolute atomic E-state index is 13.1. The van der Waals surface area contributed by atoms with Gasteiger partial charge in [-0.05, 0) is 35.9 Å². The second-order valence-corrected chi connectivity index (χ2v) is 7.42. The molecule has 1 heterocycles. The molecular weight excluding hydrogens is 386 g/mol. The second-order valence-electron chi connectivity index (χ2n) is 5.80. The van der Waals surface area contributed by atoms with Gasteiger partial charge in [-0.15, -0.1) is 0 Å². The minimum Gasteiger partial charge on any atom is -0.233 e. The van der Waals surface area contributed by atoms with E-state index >= 15 is 0 Å². The summed E-state index contributed by atoms with van der Waals surface area (Å²) < 4.78 is 75.8. The van der Waals surface area contributed by atoms with Crippen LogP contribution in [-0.4, -0.2) is 18.2 Å². The van der Waals surface area contributed by atoms with Gasteiger partial charge < -0.3 is 0 Å². The summed E-state index contributed by atoms with van der Waals surface area (Å²) in [5.41, 5.74) is 0.0349. The first-order valence-corrected chi connectivity index (χ1v) is 9.27. The molecule has 2 aromatic carbocycles. The molecule has 0 saturated carbocycles. The molecule has 0 aliphatic carbocycles. The summed E-state index contributed by atoms with van der Waals surface area (Å²) in [6, 6.07) is 11.6.